The number of isocyanates is 1. The molecule has 0 fully saturated rings. The highest BCUT2D eigenvalue weighted by atomic mass is 32.2. The molecule has 4 heteroatoms. The van der Waals surface area contributed by atoms with E-state index in [9.17, 15) is 4.79 Å². The van der Waals surface area contributed by atoms with Crippen molar-refractivity contribution in [2.75, 3.05) is 19.4 Å². The van der Waals surface area contributed by atoms with E-state index < -0.39 is 0 Å². The van der Waals surface area contributed by atoms with E-state index in [4.69, 9.17) is 4.18 Å². The topological polar surface area (TPSA) is 38.7 Å². The fourth-order valence-corrected chi connectivity index (χ4v) is 0.745. The van der Waals surface area contributed by atoms with Gasteiger partial charge in [-0.1, -0.05) is 0 Å². The van der Waals surface area contributed by atoms with Gasteiger partial charge in [0.15, 0.2) is 0 Å². The van der Waals surface area contributed by atoms with Crippen molar-refractivity contribution in [3.05, 3.63) is 0 Å². The fraction of sp³-hybridized carbons (Fsp3) is 0.800. The molecule has 3 nitrogen and oxygen atoms in total. The zero-order chi connectivity index (χ0) is 6.95. The first kappa shape index (κ1) is 8.69. The third kappa shape index (κ3) is 7.69. The molecular formula is C5H9NO2S. The molecule has 0 unspecified atom stereocenters. The molecule has 0 aliphatic rings. The molecule has 0 aromatic rings. The molecule has 0 rings (SSSR count). The summed E-state index contributed by atoms with van der Waals surface area (Å²) in [6.45, 7) is 0.555. The third-order valence-electron chi connectivity index (χ3n) is 0.680. The molecule has 0 amide bonds. The van der Waals surface area contributed by atoms with Crippen LogP contribution in [0.4, 0.5) is 0 Å². The highest BCUT2D eigenvalue weighted by Gasteiger charge is 1.84. The maximum atomic E-state index is 9.51. The van der Waals surface area contributed by atoms with Gasteiger partial charge in [-0.2, -0.15) is 0 Å². The Bertz CT molecular complexity index is 101. The predicted octanol–water partition coefficient (Wildman–Crippen LogP) is 1.01. The zero-order valence-electron chi connectivity index (χ0n) is 5.29. The Hall–Kier alpha value is -0.310. The van der Waals surface area contributed by atoms with E-state index in [-0.39, 0.29) is 0 Å². The van der Waals surface area contributed by atoms with Gasteiger partial charge in [0, 0.05) is 5.75 Å². The first-order valence-corrected chi connectivity index (χ1v) is 3.52. The molecule has 0 radical (unpaired) electrons. The largest absolute Gasteiger partial charge is 0.319 e. The lowest BCUT2D eigenvalue weighted by Crippen LogP contribution is -1.83. The number of rotatable bonds is 5. The maximum absolute atomic E-state index is 9.51. The highest BCUT2D eigenvalue weighted by Crippen LogP contribution is 2.00. The lowest BCUT2D eigenvalue weighted by Gasteiger charge is -1.91. The van der Waals surface area contributed by atoms with E-state index in [0.717, 1.165) is 12.2 Å². The summed E-state index contributed by atoms with van der Waals surface area (Å²) in [6.07, 6.45) is 2.34. The van der Waals surface area contributed by atoms with Gasteiger partial charge in [0.2, 0.25) is 6.08 Å². The van der Waals surface area contributed by atoms with Crippen LogP contribution in [0.2, 0.25) is 0 Å². The summed E-state index contributed by atoms with van der Waals surface area (Å²) in [5, 5.41) is 0. The Morgan fingerprint density at radius 1 is 1.78 bits per heavy atom. The van der Waals surface area contributed by atoms with Gasteiger partial charge in [0.25, 0.3) is 0 Å². The Kier molecular flexibility index (Phi) is 7.43. The number of nitrogens with zero attached hydrogens (tertiary/aromatic N) is 1. The maximum Gasteiger partial charge on any atom is 0.234 e. The first-order valence-electron chi connectivity index (χ1n) is 2.61. The molecule has 0 aliphatic heterocycles. The predicted molar refractivity (Wildman–Crippen MR) is 37.1 cm³/mol. The summed E-state index contributed by atoms with van der Waals surface area (Å²) < 4.78 is 4.70. The van der Waals surface area contributed by atoms with E-state index in [0.29, 0.717) is 6.54 Å². The van der Waals surface area contributed by atoms with Gasteiger partial charge >= 0.3 is 0 Å². The van der Waals surface area contributed by atoms with Crippen molar-refractivity contribution in [2.24, 2.45) is 4.99 Å². The second kappa shape index (κ2) is 7.69. The monoisotopic (exact) mass is 147 g/mol. The van der Waals surface area contributed by atoms with Crippen molar-refractivity contribution in [2.45, 2.75) is 6.42 Å². The normalized spacial score (nSPS) is 8.56. The van der Waals surface area contributed by atoms with Gasteiger partial charge in [-0.3, -0.25) is 0 Å². The Labute approximate surface area is 58.7 Å². The van der Waals surface area contributed by atoms with Crippen LogP contribution in [0.15, 0.2) is 4.99 Å². The average molecular weight is 147 g/mol. The van der Waals surface area contributed by atoms with Crippen LogP contribution in [0, 0.1) is 0 Å². The SMILES string of the molecule is COSCCCN=C=O. The van der Waals surface area contributed by atoms with Crippen molar-refractivity contribution in [3.63, 3.8) is 0 Å². The lowest BCUT2D eigenvalue weighted by molar-refractivity contribution is 0.489. The van der Waals surface area contributed by atoms with Crippen molar-refractivity contribution in [1.29, 1.82) is 0 Å². The minimum atomic E-state index is 0.555. The Morgan fingerprint density at radius 3 is 3.11 bits per heavy atom. The third-order valence-corrected chi connectivity index (χ3v) is 1.37. The molecular weight excluding hydrogens is 138 g/mol. The Morgan fingerprint density at radius 2 is 2.56 bits per heavy atom. The van der Waals surface area contributed by atoms with Crippen LogP contribution >= 0.6 is 12.0 Å². The minimum Gasteiger partial charge on any atom is -0.319 e. The van der Waals surface area contributed by atoms with Crippen LogP contribution in [0.1, 0.15) is 6.42 Å². The van der Waals surface area contributed by atoms with Gasteiger partial charge in [-0.25, -0.2) is 9.79 Å². The summed E-state index contributed by atoms with van der Waals surface area (Å²) in [5.41, 5.74) is 0. The molecule has 0 saturated carbocycles. The van der Waals surface area contributed by atoms with Crippen molar-refractivity contribution < 1.29 is 8.98 Å². The van der Waals surface area contributed by atoms with Gasteiger partial charge in [0.1, 0.15) is 0 Å². The second-order valence-corrected chi connectivity index (χ2v) is 2.29. The van der Waals surface area contributed by atoms with Gasteiger partial charge in [0.05, 0.1) is 13.7 Å². The molecule has 0 heterocycles. The lowest BCUT2D eigenvalue weighted by atomic mass is 10.5. The summed E-state index contributed by atoms with van der Waals surface area (Å²) in [7, 11) is 1.62. The fourth-order valence-electron chi connectivity index (χ4n) is 0.332. The van der Waals surface area contributed by atoms with Crippen molar-refractivity contribution >= 4 is 18.1 Å². The van der Waals surface area contributed by atoms with E-state index >= 15 is 0 Å². The van der Waals surface area contributed by atoms with Crippen LogP contribution in [-0.4, -0.2) is 25.5 Å². The van der Waals surface area contributed by atoms with Crippen molar-refractivity contribution in [1.82, 2.24) is 0 Å². The molecule has 0 N–H and O–H groups in total. The molecule has 0 aromatic carbocycles. The van der Waals surface area contributed by atoms with Crippen LogP contribution in [0.3, 0.4) is 0 Å². The van der Waals surface area contributed by atoms with Gasteiger partial charge in [-0.05, 0) is 18.5 Å². The highest BCUT2D eigenvalue weighted by molar-refractivity contribution is 7.94. The average Bonchev–Trinajstić information content (AvgIpc) is 1.89. The summed E-state index contributed by atoms with van der Waals surface area (Å²) >= 11 is 1.37. The standard InChI is InChI=1S/C5H9NO2S/c1-8-9-4-2-3-6-5-7/h2-4H2,1H3. The number of carbonyl (C=O) groups excluding carboxylic acids is 1. The van der Waals surface area contributed by atoms with Gasteiger partial charge in [-0.15, -0.1) is 0 Å². The molecule has 0 aromatic heterocycles. The smallest absolute Gasteiger partial charge is 0.234 e. The molecule has 0 aliphatic carbocycles. The summed E-state index contributed by atoms with van der Waals surface area (Å²) in [5.74, 6) is 0.877. The van der Waals surface area contributed by atoms with Crippen LogP contribution in [-0.2, 0) is 8.98 Å². The molecule has 0 bridgehead atoms. The summed E-state index contributed by atoms with van der Waals surface area (Å²) in [4.78, 5) is 12.9. The van der Waals surface area contributed by atoms with E-state index in [1.165, 1.54) is 18.1 Å². The zero-order valence-corrected chi connectivity index (χ0v) is 6.11. The number of hydrogen-bond acceptors (Lipinski definition) is 4. The number of hydrogen-bond donors (Lipinski definition) is 0. The quantitative estimate of drug-likeness (QED) is 0.252. The number of aliphatic imine (C=N–C) groups is 1. The van der Waals surface area contributed by atoms with E-state index in [1.807, 2.05) is 0 Å². The minimum absolute atomic E-state index is 0.555. The molecule has 0 atom stereocenters. The molecule has 0 saturated heterocycles. The van der Waals surface area contributed by atoms with Crippen LogP contribution < -0.4 is 0 Å². The van der Waals surface area contributed by atoms with E-state index in [2.05, 4.69) is 4.99 Å². The first-order chi connectivity index (χ1) is 4.41. The molecule has 9 heavy (non-hydrogen) atoms. The van der Waals surface area contributed by atoms with Crippen LogP contribution in [0.25, 0.3) is 0 Å². The Balaban J connectivity index is 2.82. The molecule has 52 valence electrons. The van der Waals surface area contributed by atoms with E-state index in [1.54, 1.807) is 7.11 Å². The summed E-state index contributed by atoms with van der Waals surface area (Å²) in [6, 6.07) is 0. The van der Waals surface area contributed by atoms with Gasteiger partial charge < -0.3 is 4.18 Å². The van der Waals surface area contributed by atoms with Crippen LogP contribution in [0.5, 0.6) is 0 Å². The second-order valence-electron chi connectivity index (χ2n) is 1.32. The van der Waals surface area contributed by atoms with Crippen molar-refractivity contribution in [3.8, 4) is 0 Å². The molecule has 0 spiro atoms.